The highest BCUT2D eigenvalue weighted by molar-refractivity contribution is 7.07. The second kappa shape index (κ2) is 14.5. The molecule has 1 aliphatic heterocycles. The van der Waals surface area contributed by atoms with Gasteiger partial charge in [0.1, 0.15) is 24.5 Å². The molecule has 11 heteroatoms. The summed E-state index contributed by atoms with van der Waals surface area (Å²) in [7, 11) is 1.53. The van der Waals surface area contributed by atoms with Crippen LogP contribution < -0.4 is 29.1 Å². The number of hydrogen-bond acceptors (Lipinski definition) is 10. The van der Waals surface area contributed by atoms with E-state index >= 15 is 0 Å². The Morgan fingerprint density at radius 3 is 2.62 bits per heavy atom. The lowest BCUT2D eigenvalue weighted by Crippen LogP contribution is -2.40. The summed E-state index contributed by atoms with van der Waals surface area (Å²) in [6.07, 6.45) is 2.54. The molecule has 42 heavy (non-hydrogen) atoms. The number of benzene rings is 2. The molecule has 0 radical (unpaired) electrons. The van der Waals surface area contributed by atoms with Crippen molar-refractivity contribution in [3.8, 4) is 23.3 Å². The SMILES string of the molecule is CCCOc1ccccc1[C@H]1C(C(=O)OCCOC)=C(C)N=c2s/c(=C/c3ccc(OCC#N)c(OCC)c3)c(=O)n21. The van der Waals surface area contributed by atoms with Gasteiger partial charge >= 0.3 is 5.97 Å². The topological polar surface area (TPSA) is 121 Å². The summed E-state index contributed by atoms with van der Waals surface area (Å²) in [6.45, 7) is 6.66. The lowest BCUT2D eigenvalue weighted by Gasteiger charge is -2.26. The van der Waals surface area contributed by atoms with E-state index in [4.69, 9.17) is 28.9 Å². The van der Waals surface area contributed by atoms with Crippen LogP contribution in [0.4, 0.5) is 0 Å². The first kappa shape index (κ1) is 30.6. The van der Waals surface area contributed by atoms with Crippen LogP contribution in [0.3, 0.4) is 0 Å². The minimum Gasteiger partial charge on any atom is -0.493 e. The van der Waals surface area contributed by atoms with Gasteiger partial charge in [-0.3, -0.25) is 9.36 Å². The number of thiazole rings is 1. The van der Waals surface area contributed by atoms with Crippen molar-refractivity contribution in [3.05, 3.63) is 84.5 Å². The fourth-order valence-corrected chi connectivity index (χ4v) is 5.53. The fraction of sp³-hybridized carbons (Fsp3) is 0.355. The van der Waals surface area contributed by atoms with Crippen LogP contribution in [0.2, 0.25) is 0 Å². The van der Waals surface area contributed by atoms with E-state index in [1.165, 1.54) is 23.0 Å². The lowest BCUT2D eigenvalue weighted by molar-refractivity contribution is -0.140. The van der Waals surface area contributed by atoms with Crippen LogP contribution in [0, 0.1) is 11.3 Å². The van der Waals surface area contributed by atoms with Gasteiger partial charge in [-0.1, -0.05) is 42.5 Å². The number of para-hydroxylation sites is 1. The second-order valence-electron chi connectivity index (χ2n) is 9.18. The highest BCUT2D eigenvalue weighted by Gasteiger charge is 2.35. The molecule has 1 atom stereocenters. The standard InChI is InChI=1S/C31H33N3O7S/c1-5-14-39-23-10-8-7-9-22(23)28-27(30(36)41-17-16-37-4)20(3)33-31-34(28)29(35)26(42-31)19-21-11-12-24(40-15-13-32)25(18-21)38-6-2/h7-12,18-19,28H,5-6,14-17H2,1-4H3/b26-19+/t28-/m0/s1. The van der Waals surface area contributed by atoms with Crippen molar-refractivity contribution in [1.29, 1.82) is 5.26 Å². The van der Waals surface area contributed by atoms with Crippen LogP contribution in [0.5, 0.6) is 17.2 Å². The second-order valence-corrected chi connectivity index (χ2v) is 10.2. The molecular weight excluding hydrogens is 558 g/mol. The molecular formula is C31H33N3O7S. The van der Waals surface area contributed by atoms with E-state index < -0.39 is 12.0 Å². The zero-order valence-corrected chi connectivity index (χ0v) is 24.9. The number of hydrogen-bond donors (Lipinski definition) is 0. The zero-order chi connectivity index (χ0) is 30.1. The summed E-state index contributed by atoms with van der Waals surface area (Å²) in [5.41, 5.74) is 1.76. The van der Waals surface area contributed by atoms with Gasteiger partial charge in [0.2, 0.25) is 0 Å². The van der Waals surface area contributed by atoms with E-state index in [-0.39, 0.29) is 31.0 Å². The van der Waals surface area contributed by atoms with Gasteiger partial charge in [-0.25, -0.2) is 9.79 Å². The minimum atomic E-state index is -0.813. The predicted octanol–water partition coefficient (Wildman–Crippen LogP) is 3.51. The number of carbonyl (C=O) groups excluding carboxylic acids is 1. The predicted molar refractivity (Wildman–Crippen MR) is 158 cm³/mol. The maximum Gasteiger partial charge on any atom is 0.338 e. The van der Waals surface area contributed by atoms with E-state index in [9.17, 15) is 9.59 Å². The van der Waals surface area contributed by atoms with E-state index in [2.05, 4.69) is 4.99 Å². The maximum absolute atomic E-state index is 14.0. The fourth-order valence-electron chi connectivity index (χ4n) is 4.49. The molecule has 2 heterocycles. The van der Waals surface area contributed by atoms with E-state index in [1.54, 1.807) is 31.2 Å². The molecule has 0 aliphatic carbocycles. The number of nitriles is 1. The molecule has 0 saturated carbocycles. The minimum absolute atomic E-state index is 0.0630. The number of carbonyl (C=O) groups is 1. The summed E-state index contributed by atoms with van der Waals surface area (Å²) >= 11 is 1.22. The van der Waals surface area contributed by atoms with Crippen molar-refractivity contribution in [1.82, 2.24) is 4.57 Å². The Labute approximate surface area is 247 Å². The Kier molecular flexibility index (Phi) is 10.5. The van der Waals surface area contributed by atoms with Crippen LogP contribution in [0.1, 0.15) is 44.4 Å². The van der Waals surface area contributed by atoms with Crippen LogP contribution in [-0.4, -0.2) is 50.7 Å². The lowest BCUT2D eigenvalue weighted by atomic mass is 9.95. The molecule has 3 aromatic rings. The quantitative estimate of drug-likeness (QED) is 0.219. The Balaban J connectivity index is 1.87. The number of methoxy groups -OCH3 is 1. The number of nitrogens with zero attached hydrogens (tertiary/aromatic N) is 3. The van der Waals surface area contributed by atoms with E-state index in [1.807, 2.05) is 44.2 Å². The summed E-state index contributed by atoms with van der Waals surface area (Å²) in [5.74, 6) is 0.899. The number of esters is 1. The van der Waals surface area contributed by atoms with E-state index in [0.29, 0.717) is 56.6 Å². The van der Waals surface area contributed by atoms with Gasteiger partial charge in [0, 0.05) is 12.7 Å². The molecule has 4 rings (SSSR count). The molecule has 0 bridgehead atoms. The Hall–Kier alpha value is -4.40. The number of allylic oxidation sites excluding steroid dienone is 1. The number of aromatic nitrogens is 1. The van der Waals surface area contributed by atoms with Gasteiger partial charge in [-0.2, -0.15) is 5.26 Å². The van der Waals surface area contributed by atoms with Crippen molar-refractivity contribution >= 4 is 23.4 Å². The monoisotopic (exact) mass is 591 g/mol. The molecule has 0 saturated heterocycles. The molecule has 0 N–H and O–H groups in total. The maximum atomic E-state index is 14.0. The number of rotatable bonds is 13. The molecule has 0 spiro atoms. The average Bonchev–Trinajstić information content (AvgIpc) is 3.29. The van der Waals surface area contributed by atoms with Crippen molar-refractivity contribution in [2.75, 3.05) is 40.1 Å². The number of fused-ring (bicyclic) bond motifs is 1. The molecule has 220 valence electrons. The molecule has 1 aliphatic rings. The highest BCUT2D eigenvalue weighted by atomic mass is 32.1. The first-order valence-electron chi connectivity index (χ1n) is 13.6. The molecule has 2 aromatic carbocycles. The van der Waals surface area contributed by atoms with Crippen LogP contribution in [0.15, 0.2) is 63.5 Å². The molecule has 0 unspecified atom stereocenters. The molecule has 10 nitrogen and oxygen atoms in total. The number of ether oxygens (including phenoxy) is 5. The summed E-state index contributed by atoms with van der Waals surface area (Å²) in [4.78, 5) is 32.6. The largest absolute Gasteiger partial charge is 0.493 e. The zero-order valence-electron chi connectivity index (χ0n) is 24.0. The third-order valence-electron chi connectivity index (χ3n) is 6.30. The third kappa shape index (κ3) is 6.73. The van der Waals surface area contributed by atoms with Crippen LogP contribution in [0.25, 0.3) is 6.08 Å². The third-order valence-corrected chi connectivity index (χ3v) is 7.28. The summed E-state index contributed by atoms with van der Waals surface area (Å²) in [5, 5.41) is 8.89. The van der Waals surface area contributed by atoms with Gasteiger partial charge in [-0.15, -0.1) is 0 Å². The van der Waals surface area contributed by atoms with Gasteiger partial charge < -0.3 is 23.7 Å². The smallest absolute Gasteiger partial charge is 0.338 e. The molecule has 0 fully saturated rings. The van der Waals surface area contributed by atoms with Crippen molar-refractivity contribution in [2.45, 2.75) is 33.2 Å². The summed E-state index contributed by atoms with van der Waals surface area (Å²) in [6, 6.07) is 13.7. The normalized spacial score (nSPS) is 14.5. The van der Waals surface area contributed by atoms with Gasteiger partial charge in [-0.05, 0) is 50.1 Å². The first-order chi connectivity index (χ1) is 20.4. The van der Waals surface area contributed by atoms with Crippen LogP contribution >= 0.6 is 11.3 Å². The highest BCUT2D eigenvalue weighted by Crippen LogP contribution is 2.36. The Bertz CT molecular complexity index is 1680. The molecule has 0 amide bonds. The van der Waals surface area contributed by atoms with Crippen molar-refractivity contribution in [2.24, 2.45) is 4.99 Å². The van der Waals surface area contributed by atoms with Crippen molar-refractivity contribution in [3.63, 3.8) is 0 Å². The Morgan fingerprint density at radius 1 is 1.07 bits per heavy atom. The van der Waals surface area contributed by atoms with Gasteiger partial charge in [0.25, 0.3) is 5.56 Å². The van der Waals surface area contributed by atoms with Crippen LogP contribution in [-0.2, 0) is 14.3 Å². The molecule has 1 aromatic heterocycles. The van der Waals surface area contributed by atoms with E-state index in [0.717, 1.165) is 6.42 Å². The first-order valence-corrected chi connectivity index (χ1v) is 14.4. The average molecular weight is 592 g/mol. The van der Waals surface area contributed by atoms with Crippen molar-refractivity contribution < 1.29 is 28.5 Å². The summed E-state index contributed by atoms with van der Waals surface area (Å²) < 4.78 is 29.7. The Morgan fingerprint density at radius 2 is 1.88 bits per heavy atom. The van der Waals surface area contributed by atoms with Gasteiger partial charge in [0.15, 0.2) is 22.9 Å². The van der Waals surface area contributed by atoms with Gasteiger partial charge in [0.05, 0.1) is 35.6 Å².